The van der Waals surface area contributed by atoms with E-state index in [0.717, 1.165) is 33.5 Å². The van der Waals surface area contributed by atoms with E-state index in [9.17, 15) is 4.79 Å². The summed E-state index contributed by atoms with van der Waals surface area (Å²) in [6.07, 6.45) is 0. The van der Waals surface area contributed by atoms with Crippen LogP contribution in [0.4, 0.5) is 5.69 Å². The van der Waals surface area contributed by atoms with E-state index in [4.69, 9.17) is 42.5 Å². The fraction of sp³-hybridized carbons (Fsp3) is 0.333. The standard InChI is InChI=1S/C24H29NO2S.2ClH.Cr/c1-8-27-24(26)21(19(7)25-22-15(3)10-9-11-16(22)4)23(28)20-17(5)12-14(2)13-18(20)6;;;/h9-13,28H,8H2,1-7H3;2*1H;/q;;;+3/p-3/b23-21+,25-19?;;;. The minimum atomic E-state index is -0.431. The average Bonchev–Trinajstić information content (AvgIpc) is 2.65. The van der Waals surface area contributed by atoms with Crippen molar-refractivity contribution in [3.05, 3.63) is 69.3 Å². The van der Waals surface area contributed by atoms with Crippen molar-refractivity contribution in [2.45, 2.75) is 48.5 Å². The second-order valence-electron chi connectivity index (χ2n) is 7.19. The van der Waals surface area contributed by atoms with Crippen molar-refractivity contribution in [3.8, 4) is 0 Å². The van der Waals surface area contributed by atoms with Crippen LogP contribution in [0.15, 0.2) is 40.9 Å². The van der Waals surface area contributed by atoms with Gasteiger partial charge in [-0.25, -0.2) is 4.79 Å². The van der Waals surface area contributed by atoms with Crippen LogP contribution in [0, 0.1) is 34.6 Å². The summed E-state index contributed by atoms with van der Waals surface area (Å²) in [7, 11) is 9.65. The molecular formula is C24H28Cl2CrNO2S. The van der Waals surface area contributed by atoms with Crippen LogP contribution in [0.2, 0.25) is 0 Å². The average molecular weight is 517 g/mol. The molecule has 0 spiro atoms. The van der Waals surface area contributed by atoms with Crippen molar-refractivity contribution in [1.82, 2.24) is 0 Å². The van der Waals surface area contributed by atoms with Crippen LogP contribution >= 0.6 is 20.1 Å². The van der Waals surface area contributed by atoms with Crippen molar-refractivity contribution in [2.75, 3.05) is 6.61 Å². The van der Waals surface area contributed by atoms with Crippen LogP contribution in [-0.4, -0.2) is 18.3 Å². The van der Waals surface area contributed by atoms with Gasteiger partial charge in [0.2, 0.25) is 0 Å². The minimum absolute atomic E-state index is 0.181. The molecule has 3 nitrogen and oxygen atoms in total. The molecule has 2 aromatic carbocycles. The summed E-state index contributed by atoms with van der Waals surface area (Å²) in [4.78, 5) is 18.1. The Morgan fingerprint density at radius 1 is 1.03 bits per heavy atom. The second-order valence-corrected chi connectivity index (χ2v) is 9.71. The van der Waals surface area contributed by atoms with Gasteiger partial charge in [-0.15, -0.1) is 0 Å². The zero-order valence-corrected chi connectivity index (χ0v) is 22.5. The number of nitrogens with zero attached hydrogens (tertiary/aromatic N) is 1. The molecule has 0 radical (unpaired) electrons. The molecule has 0 aliphatic heterocycles. The number of aliphatic imine (C=N–C) groups is 1. The molecule has 0 saturated carbocycles. The van der Waals surface area contributed by atoms with E-state index in [-0.39, 0.29) is 20.0 Å². The quantitative estimate of drug-likeness (QED) is 0.182. The molecule has 0 amide bonds. The van der Waals surface area contributed by atoms with Gasteiger partial charge in [-0.2, -0.15) is 4.91 Å². The van der Waals surface area contributed by atoms with Crippen molar-refractivity contribution < 1.29 is 22.9 Å². The van der Waals surface area contributed by atoms with E-state index in [0.29, 0.717) is 16.2 Å². The number of esters is 1. The van der Waals surface area contributed by atoms with E-state index in [1.807, 2.05) is 52.8 Å². The third kappa shape index (κ3) is 7.63. The molecule has 0 heterocycles. The Kier molecular flexibility index (Phi) is 11.8. The SMILES string of the molecule is CCOC(=O)/C(C(C)=Nc1c(C)cccc1C)=C(/[S-])c1c(C)cc(C)cc1C.[Cl][Cr+][Cl]. The summed E-state index contributed by atoms with van der Waals surface area (Å²) in [6, 6.07) is 10.2. The molecule has 167 valence electrons. The monoisotopic (exact) mass is 516 g/mol. The van der Waals surface area contributed by atoms with Crippen LogP contribution < -0.4 is 0 Å². The molecule has 0 bridgehead atoms. The van der Waals surface area contributed by atoms with Crippen molar-refractivity contribution in [1.29, 1.82) is 0 Å². The Hall–Kier alpha value is -1.35. The third-order valence-electron chi connectivity index (χ3n) is 4.69. The Balaban J connectivity index is 0.00000151. The first kappa shape index (κ1) is 27.7. The zero-order chi connectivity index (χ0) is 23.7. The van der Waals surface area contributed by atoms with E-state index in [1.165, 1.54) is 5.56 Å². The fourth-order valence-electron chi connectivity index (χ4n) is 3.48. The topological polar surface area (TPSA) is 38.7 Å². The predicted molar refractivity (Wildman–Crippen MR) is 132 cm³/mol. The molecule has 0 atom stereocenters. The Morgan fingerprint density at radius 2 is 1.52 bits per heavy atom. The Morgan fingerprint density at radius 3 is 1.97 bits per heavy atom. The van der Waals surface area contributed by atoms with Gasteiger partial charge in [0.05, 0.1) is 23.6 Å². The van der Waals surface area contributed by atoms with Gasteiger partial charge in [0.1, 0.15) is 0 Å². The van der Waals surface area contributed by atoms with Gasteiger partial charge >= 0.3 is 39.4 Å². The molecule has 0 aliphatic carbocycles. The molecule has 2 aromatic rings. The molecule has 2 rings (SSSR count). The van der Waals surface area contributed by atoms with Gasteiger partial charge in [0.25, 0.3) is 0 Å². The molecular weight excluding hydrogens is 489 g/mol. The van der Waals surface area contributed by atoms with Gasteiger partial charge < -0.3 is 17.4 Å². The summed E-state index contributed by atoms with van der Waals surface area (Å²) in [5.74, 6) is -0.431. The predicted octanol–water partition coefficient (Wildman–Crippen LogP) is 7.22. The first-order valence-electron chi connectivity index (χ1n) is 9.76. The summed E-state index contributed by atoms with van der Waals surface area (Å²) in [5.41, 5.74) is 8.05. The fourth-order valence-corrected chi connectivity index (χ4v) is 4.03. The number of carbonyl (C=O) groups is 1. The Labute approximate surface area is 206 Å². The van der Waals surface area contributed by atoms with Gasteiger partial charge in [0, 0.05) is 0 Å². The number of halogens is 2. The van der Waals surface area contributed by atoms with Crippen LogP contribution in [0.5, 0.6) is 0 Å². The van der Waals surface area contributed by atoms with Crippen LogP contribution in [0.1, 0.15) is 47.2 Å². The first-order valence-corrected chi connectivity index (χ1v) is 13.7. The van der Waals surface area contributed by atoms with Crippen LogP contribution in [-0.2, 0) is 35.5 Å². The first-order chi connectivity index (χ1) is 14.6. The maximum absolute atomic E-state index is 12.8. The van der Waals surface area contributed by atoms with Crippen LogP contribution in [0.3, 0.4) is 0 Å². The molecule has 0 unspecified atom stereocenters. The van der Waals surface area contributed by atoms with Gasteiger partial charge in [0.15, 0.2) is 0 Å². The number of carbonyl (C=O) groups excluding carboxylic acids is 1. The summed E-state index contributed by atoms with van der Waals surface area (Å²) in [5, 5.41) is 0. The molecule has 0 aromatic heterocycles. The van der Waals surface area contributed by atoms with Gasteiger partial charge in [-0.05, 0) is 76.3 Å². The number of benzene rings is 2. The van der Waals surface area contributed by atoms with Crippen molar-refractivity contribution in [3.63, 3.8) is 0 Å². The van der Waals surface area contributed by atoms with Gasteiger partial charge in [-0.1, -0.05) is 35.9 Å². The van der Waals surface area contributed by atoms with E-state index in [1.54, 1.807) is 6.92 Å². The molecule has 0 N–H and O–H groups in total. The maximum atomic E-state index is 12.8. The van der Waals surface area contributed by atoms with Crippen LogP contribution in [0.25, 0.3) is 4.91 Å². The van der Waals surface area contributed by atoms with E-state index in [2.05, 4.69) is 19.1 Å². The number of rotatable bonds is 5. The second kappa shape index (κ2) is 13.3. The zero-order valence-electron chi connectivity index (χ0n) is 18.9. The normalized spacial score (nSPS) is 11.8. The number of hydrogen-bond donors (Lipinski definition) is 0. The number of ether oxygens (including phenoxy) is 1. The molecule has 0 fully saturated rings. The van der Waals surface area contributed by atoms with E-state index >= 15 is 0 Å². The van der Waals surface area contributed by atoms with Crippen molar-refractivity contribution >= 4 is 55.0 Å². The van der Waals surface area contributed by atoms with Gasteiger partial charge in [-0.3, -0.25) is 4.99 Å². The Bertz CT molecular complexity index is 960. The third-order valence-corrected chi connectivity index (χ3v) is 5.10. The number of aryl methyl sites for hydroxylation is 5. The molecule has 7 heteroatoms. The number of para-hydroxylation sites is 1. The molecule has 0 aliphatic rings. The molecule has 31 heavy (non-hydrogen) atoms. The van der Waals surface area contributed by atoms with Crippen molar-refractivity contribution in [2.24, 2.45) is 4.99 Å². The summed E-state index contributed by atoms with van der Waals surface area (Å²) >= 11 is 5.61. The summed E-state index contributed by atoms with van der Waals surface area (Å²) < 4.78 is 5.33. The number of hydrogen-bond acceptors (Lipinski definition) is 4. The summed E-state index contributed by atoms with van der Waals surface area (Å²) in [6.45, 7) is 14.0. The molecule has 0 saturated heterocycles. The van der Waals surface area contributed by atoms with E-state index < -0.39 is 5.97 Å².